The van der Waals surface area contributed by atoms with E-state index < -0.39 is 23.2 Å². The highest BCUT2D eigenvalue weighted by Crippen LogP contribution is 2.37. The monoisotopic (exact) mass is 299 g/mol. The number of hydrogen-bond donors (Lipinski definition) is 1. The van der Waals surface area contributed by atoms with Crippen LogP contribution >= 0.6 is 0 Å². The van der Waals surface area contributed by atoms with Crippen LogP contribution in [0.15, 0.2) is 0 Å². The van der Waals surface area contributed by atoms with E-state index in [0.717, 1.165) is 32.1 Å². The first-order valence-electron chi connectivity index (χ1n) is 7.87. The molecule has 1 fully saturated rings. The van der Waals surface area contributed by atoms with Gasteiger partial charge in [0.25, 0.3) is 0 Å². The summed E-state index contributed by atoms with van der Waals surface area (Å²) >= 11 is 0. The second-order valence-electron chi connectivity index (χ2n) is 7.12. The van der Waals surface area contributed by atoms with Gasteiger partial charge in [-0.2, -0.15) is 0 Å². The zero-order chi connectivity index (χ0) is 16.3. The lowest BCUT2D eigenvalue weighted by Gasteiger charge is -2.39. The lowest BCUT2D eigenvalue weighted by Crippen LogP contribution is -2.57. The molecule has 0 aromatic heterocycles. The van der Waals surface area contributed by atoms with Crippen LogP contribution in [0.3, 0.4) is 0 Å². The predicted octanol–water partition coefficient (Wildman–Crippen LogP) is 3.81. The summed E-state index contributed by atoms with van der Waals surface area (Å²) in [6, 6.07) is 0.00239. The highest BCUT2D eigenvalue weighted by Gasteiger charge is 2.50. The lowest BCUT2D eigenvalue weighted by atomic mass is 9.92. The van der Waals surface area contributed by atoms with Gasteiger partial charge in [0.2, 0.25) is 0 Å². The number of carbonyl (C=O) groups excluding carboxylic acids is 1. The molecule has 0 spiro atoms. The number of carboxylic acids is 1. The summed E-state index contributed by atoms with van der Waals surface area (Å²) in [5, 5.41) is 9.68. The van der Waals surface area contributed by atoms with Gasteiger partial charge in [0.1, 0.15) is 11.1 Å². The molecule has 1 N–H and O–H groups in total. The Morgan fingerprint density at radius 1 is 1.19 bits per heavy atom. The molecule has 21 heavy (non-hydrogen) atoms. The van der Waals surface area contributed by atoms with Crippen LogP contribution in [-0.2, 0) is 9.53 Å². The Hall–Kier alpha value is -1.26. The quantitative estimate of drug-likeness (QED) is 0.726. The van der Waals surface area contributed by atoms with E-state index in [1.807, 2.05) is 0 Å². The Kier molecular flexibility index (Phi) is 5.65. The first kappa shape index (κ1) is 17.8. The summed E-state index contributed by atoms with van der Waals surface area (Å²) < 4.78 is 5.43. The number of hydrogen-bond acceptors (Lipinski definition) is 3. The number of carboxylic acid groups (broad SMARTS) is 1. The van der Waals surface area contributed by atoms with Crippen LogP contribution in [0.5, 0.6) is 0 Å². The van der Waals surface area contributed by atoms with Crippen molar-refractivity contribution < 1.29 is 19.4 Å². The maximum atomic E-state index is 12.5. The molecule has 0 radical (unpaired) electrons. The fourth-order valence-electron chi connectivity index (χ4n) is 2.45. The van der Waals surface area contributed by atoms with E-state index >= 15 is 0 Å². The van der Waals surface area contributed by atoms with Crippen molar-refractivity contribution in [1.82, 2.24) is 4.90 Å². The van der Waals surface area contributed by atoms with Gasteiger partial charge in [-0.1, -0.05) is 26.2 Å². The Morgan fingerprint density at radius 2 is 1.76 bits per heavy atom. The van der Waals surface area contributed by atoms with Crippen LogP contribution in [0.4, 0.5) is 4.79 Å². The zero-order valence-corrected chi connectivity index (χ0v) is 13.9. The first-order chi connectivity index (χ1) is 9.62. The average molecular weight is 299 g/mol. The molecule has 1 atom stereocenters. The molecule has 1 aliphatic carbocycles. The van der Waals surface area contributed by atoms with Crippen LogP contribution in [-0.4, -0.2) is 39.3 Å². The van der Waals surface area contributed by atoms with Crippen LogP contribution in [0.1, 0.15) is 73.1 Å². The summed E-state index contributed by atoms with van der Waals surface area (Å²) in [6.45, 7) is 9.11. The summed E-state index contributed by atoms with van der Waals surface area (Å²) in [6.07, 6.45) is 4.45. The normalized spacial score (nSPS) is 18.0. The van der Waals surface area contributed by atoms with Crippen LogP contribution < -0.4 is 0 Å². The molecule has 0 aromatic carbocycles. The Morgan fingerprint density at radius 3 is 2.14 bits per heavy atom. The van der Waals surface area contributed by atoms with Crippen molar-refractivity contribution >= 4 is 12.1 Å². The number of rotatable bonds is 7. The predicted molar refractivity (Wildman–Crippen MR) is 81.3 cm³/mol. The van der Waals surface area contributed by atoms with E-state index in [1.165, 1.54) is 4.90 Å². The number of amides is 1. The van der Waals surface area contributed by atoms with Crippen LogP contribution in [0, 0.1) is 0 Å². The van der Waals surface area contributed by atoms with Gasteiger partial charge in [0, 0.05) is 6.04 Å². The second kappa shape index (κ2) is 6.67. The maximum Gasteiger partial charge on any atom is 0.411 e. The number of carbonyl (C=O) groups is 2. The van der Waals surface area contributed by atoms with Gasteiger partial charge < -0.3 is 9.84 Å². The average Bonchev–Trinajstić information content (AvgIpc) is 3.11. The van der Waals surface area contributed by atoms with E-state index in [1.54, 1.807) is 27.7 Å². The van der Waals surface area contributed by atoms with Crippen molar-refractivity contribution in [1.29, 1.82) is 0 Å². The third-order valence-electron chi connectivity index (χ3n) is 3.76. The van der Waals surface area contributed by atoms with Crippen molar-refractivity contribution in [3.63, 3.8) is 0 Å². The molecule has 5 nitrogen and oxygen atoms in total. The fraction of sp³-hybridized carbons (Fsp3) is 0.875. The molecule has 5 heteroatoms. The van der Waals surface area contributed by atoms with E-state index in [4.69, 9.17) is 4.74 Å². The van der Waals surface area contributed by atoms with Gasteiger partial charge in [-0.05, 0) is 47.0 Å². The molecule has 0 aliphatic heterocycles. The first-order valence-corrected chi connectivity index (χ1v) is 7.87. The molecule has 1 rings (SSSR count). The Labute approximate surface area is 127 Å². The van der Waals surface area contributed by atoms with Gasteiger partial charge in [-0.25, -0.2) is 9.59 Å². The molecule has 1 aliphatic rings. The van der Waals surface area contributed by atoms with Crippen molar-refractivity contribution in [3.8, 4) is 0 Å². The summed E-state index contributed by atoms with van der Waals surface area (Å²) in [7, 11) is 0. The lowest BCUT2D eigenvalue weighted by molar-refractivity contribution is -0.151. The summed E-state index contributed by atoms with van der Waals surface area (Å²) in [5.74, 6) is -0.948. The molecule has 0 heterocycles. The molecule has 0 bridgehead atoms. The van der Waals surface area contributed by atoms with Gasteiger partial charge in [0.15, 0.2) is 0 Å². The number of aliphatic carboxylic acids is 1. The molecule has 0 aromatic rings. The smallest absolute Gasteiger partial charge is 0.411 e. The highest BCUT2D eigenvalue weighted by molar-refractivity contribution is 5.84. The molecule has 1 amide bonds. The molecular formula is C16H29NO4. The largest absolute Gasteiger partial charge is 0.480 e. The topological polar surface area (TPSA) is 66.8 Å². The minimum Gasteiger partial charge on any atom is -0.480 e. The summed E-state index contributed by atoms with van der Waals surface area (Å²) in [5.41, 5.74) is -1.80. The molecular weight excluding hydrogens is 270 g/mol. The minimum atomic E-state index is -1.18. The number of nitrogens with zero attached hydrogens (tertiary/aromatic N) is 1. The summed E-state index contributed by atoms with van der Waals surface area (Å²) in [4.78, 5) is 25.7. The second-order valence-corrected chi connectivity index (χ2v) is 7.12. The van der Waals surface area contributed by atoms with E-state index in [-0.39, 0.29) is 6.04 Å². The van der Waals surface area contributed by atoms with Crippen LogP contribution in [0.2, 0.25) is 0 Å². The number of ether oxygens (including phenoxy) is 1. The fourth-order valence-corrected chi connectivity index (χ4v) is 2.45. The standard InChI is InChI=1S/C16H29NO4/c1-6-7-8-11-16(5,13(18)19)17(12-9-10-12)14(20)21-15(2,3)4/h12H,6-11H2,1-5H3,(H,18,19). The molecule has 1 saturated carbocycles. The van der Waals surface area contributed by atoms with Gasteiger partial charge in [-0.3, -0.25) is 4.90 Å². The number of unbranched alkanes of at least 4 members (excludes halogenated alkanes) is 2. The van der Waals surface area contributed by atoms with Crippen molar-refractivity contribution in [3.05, 3.63) is 0 Å². The van der Waals surface area contributed by atoms with E-state index in [0.29, 0.717) is 6.42 Å². The Balaban J connectivity index is 2.93. The van der Waals surface area contributed by atoms with Gasteiger partial charge >= 0.3 is 12.1 Å². The SMILES string of the molecule is CCCCCC(C)(C(=O)O)N(C(=O)OC(C)(C)C)C1CC1. The van der Waals surface area contributed by atoms with Crippen molar-refractivity contribution in [2.45, 2.75) is 90.3 Å². The Bertz CT molecular complexity index is 384. The molecule has 1 unspecified atom stereocenters. The highest BCUT2D eigenvalue weighted by atomic mass is 16.6. The van der Waals surface area contributed by atoms with E-state index in [2.05, 4.69) is 6.92 Å². The van der Waals surface area contributed by atoms with Gasteiger partial charge in [-0.15, -0.1) is 0 Å². The third-order valence-corrected chi connectivity index (χ3v) is 3.76. The van der Waals surface area contributed by atoms with Gasteiger partial charge in [0.05, 0.1) is 0 Å². The van der Waals surface area contributed by atoms with E-state index in [9.17, 15) is 14.7 Å². The molecule has 122 valence electrons. The maximum absolute atomic E-state index is 12.5. The van der Waals surface area contributed by atoms with Crippen LogP contribution in [0.25, 0.3) is 0 Å². The zero-order valence-electron chi connectivity index (χ0n) is 13.9. The minimum absolute atomic E-state index is 0.00239. The third kappa shape index (κ3) is 4.90. The van der Waals surface area contributed by atoms with Crippen molar-refractivity contribution in [2.24, 2.45) is 0 Å². The van der Waals surface area contributed by atoms with Crippen molar-refractivity contribution in [2.75, 3.05) is 0 Å². The molecule has 0 saturated heterocycles.